The smallest absolute Gasteiger partial charge is 0.326 e. The van der Waals surface area contributed by atoms with Crippen LogP contribution in [0.5, 0.6) is 0 Å². The highest BCUT2D eigenvalue weighted by Crippen LogP contribution is 2.15. The summed E-state index contributed by atoms with van der Waals surface area (Å²) in [5, 5.41) is 9.14. The van der Waals surface area contributed by atoms with Gasteiger partial charge in [0.15, 0.2) is 0 Å². The fourth-order valence-corrected chi connectivity index (χ4v) is 1.72. The molecule has 0 rings (SSSR count). The van der Waals surface area contributed by atoms with Gasteiger partial charge >= 0.3 is 5.97 Å². The summed E-state index contributed by atoms with van der Waals surface area (Å²) in [6, 6.07) is -0.741. The van der Waals surface area contributed by atoms with Crippen molar-refractivity contribution in [3.8, 4) is 0 Å². The van der Waals surface area contributed by atoms with Crippen LogP contribution in [0.1, 0.15) is 33.6 Å². The minimum absolute atomic E-state index is 0.141. The largest absolute Gasteiger partial charge is 0.480 e. The minimum Gasteiger partial charge on any atom is -0.480 e. The molecule has 0 aromatic rings. The summed E-state index contributed by atoms with van der Waals surface area (Å²) in [5.74, 6) is -1.06. The monoisotopic (exact) mass is 241 g/mol. The lowest BCUT2D eigenvalue weighted by Crippen LogP contribution is -2.45. The maximum atomic E-state index is 12.0. The molecule has 0 saturated carbocycles. The van der Waals surface area contributed by atoms with Gasteiger partial charge in [-0.15, -0.1) is 6.58 Å². The Kier molecular flexibility index (Phi) is 6.54. The molecule has 17 heavy (non-hydrogen) atoms. The Labute approximate surface area is 103 Å². The number of carbonyl (C=O) groups excluding carboxylic acids is 1. The van der Waals surface area contributed by atoms with Gasteiger partial charge in [0.25, 0.3) is 0 Å². The molecule has 0 unspecified atom stereocenters. The topological polar surface area (TPSA) is 57.6 Å². The van der Waals surface area contributed by atoms with E-state index in [9.17, 15) is 9.59 Å². The van der Waals surface area contributed by atoms with Crippen LogP contribution in [0.15, 0.2) is 12.7 Å². The summed E-state index contributed by atoms with van der Waals surface area (Å²) in [4.78, 5) is 24.5. The van der Waals surface area contributed by atoms with Gasteiger partial charge < -0.3 is 10.0 Å². The van der Waals surface area contributed by atoms with Crippen LogP contribution in [0.2, 0.25) is 0 Å². The first-order valence-corrected chi connectivity index (χ1v) is 5.91. The molecule has 0 saturated heterocycles. The first-order valence-electron chi connectivity index (χ1n) is 5.91. The van der Waals surface area contributed by atoms with Crippen molar-refractivity contribution in [1.29, 1.82) is 0 Å². The molecule has 0 spiro atoms. The van der Waals surface area contributed by atoms with Gasteiger partial charge in [-0.3, -0.25) is 4.79 Å². The summed E-state index contributed by atoms with van der Waals surface area (Å²) in [6.07, 6.45) is 2.71. The van der Waals surface area contributed by atoms with Gasteiger partial charge in [0.05, 0.1) is 0 Å². The number of carbonyl (C=O) groups is 2. The van der Waals surface area contributed by atoms with Crippen molar-refractivity contribution in [3.63, 3.8) is 0 Å². The number of carboxylic acid groups (broad SMARTS) is 1. The first-order chi connectivity index (χ1) is 7.81. The van der Waals surface area contributed by atoms with Gasteiger partial charge in [0, 0.05) is 13.0 Å². The zero-order valence-corrected chi connectivity index (χ0v) is 11.1. The van der Waals surface area contributed by atoms with Crippen LogP contribution in [0.4, 0.5) is 0 Å². The Morgan fingerprint density at radius 3 is 2.24 bits per heavy atom. The average Bonchev–Trinajstić information content (AvgIpc) is 2.23. The molecule has 0 bridgehead atoms. The van der Waals surface area contributed by atoms with Crippen LogP contribution in [0.3, 0.4) is 0 Å². The molecule has 0 fully saturated rings. The van der Waals surface area contributed by atoms with Crippen molar-refractivity contribution in [2.24, 2.45) is 11.8 Å². The van der Waals surface area contributed by atoms with E-state index in [1.807, 2.05) is 13.8 Å². The van der Waals surface area contributed by atoms with E-state index in [1.54, 1.807) is 20.0 Å². The van der Waals surface area contributed by atoms with Gasteiger partial charge in [-0.2, -0.15) is 0 Å². The van der Waals surface area contributed by atoms with E-state index in [2.05, 4.69) is 6.58 Å². The molecule has 1 N–H and O–H groups in total. The Bertz CT molecular complexity index is 286. The second-order valence-corrected chi connectivity index (χ2v) is 4.86. The fraction of sp³-hybridized carbons (Fsp3) is 0.692. The molecule has 0 aromatic heterocycles. The van der Waals surface area contributed by atoms with Gasteiger partial charge in [-0.1, -0.05) is 26.8 Å². The lowest BCUT2D eigenvalue weighted by Gasteiger charge is -2.28. The summed E-state index contributed by atoms with van der Waals surface area (Å²) >= 11 is 0. The molecule has 0 aliphatic rings. The highest BCUT2D eigenvalue weighted by Gasteiger charge is 2.29. The van der Waals surface area contributed by atoms with Crippen LogP contribution in [0, 0.1) is 11.8 Å². The molecular formula is C13H23NO3. The van der Waals surface area contributed by atoms with E-state index in [0.29, 0.717) is 12.8 Å². The zero-order valence-electron chi connectivity index (χ0n) is 11.1. The van der Waals surface area contributed by atoms with E-state index < -0.39 is 12.0 Å². The predicted molar refractivity (Wildman–Crippen MR) is 67.6 cm³/mol. The van der Waals surface area contributed by atoms with Gasteiger partial charge in [0.2, 0.25) is 5.91 Å². The van der Waals surface area contributed by atoms with Crippen LogP contribution in [-0.4, -0.2) is 35.0 Å². The number of amides is 1. The molecule has 4 nitrogen and oxygen atoms in total. The van der Waals surface area contributed by atoms with E-state index in [1.165, 1.54) is 4.90 Å². The molecule has 1 amide bonds. The van der Waals surface area contributed by atoms with Crippen LogP contribution in [0.25, 0.3) is 0 Å². The minimum atomic E-state index is -0.944. The van der Waals surface area contributed by atoms with E-state index in [0.717, 1.165) is 0 Å². The summed E-state index contributed by atoms with van der Waals surface area (Å²) < 4.78 is 0. The van der Waals surface area contributed by atoms with Gasteiger partial charge in [-0.05, 0) is 18.8 Å². The number of hydrogen-bond donors (Lipinski definition) is 1. The molecule has 98 valence electrons. The Balaban J connectivity index is 4.70. The molecule has 0 aromatic carbocycles. The number of hydrogen-bond acceptors (Lipinski definition) is 2. The van der Waals surface area contributed by atoms with Crippen molar-refractivity contribution in [2.45, 2.75) is 39.7 Å². The van der Waals surface area contributed by atoms with Gasteiger partial charge in [0.1, 0.15) is 6.04 Å². The molecule has 2 atom stereocenters. The third kappa shape index (κ3) is 5.02. The Morgan fingerprint density at radius 2 is 1.88 bits per heavy atom. The second-order valence-electron chi connectivity index (χ2n) is 4.86. The van der Waals surface area contributed by atoms with Crippen LogP contribution < -0.4 is 0 Å². The summed E-state index contributed by atoms with van der Waals surface area (Å²) in [6.45, 7) is 9.26. The van der Waals surface area contributed by atoms with Crippen LogP contribution >= 0.6 is 0 Å². The van der Waals surface area contributed by atoms with Crippen molar-refractivity contribution >= 4 is 11.9 Å². The zero-order chi connectivity index (χ0) is 13.6. The highest BCUT2D eigenvalue weighted by molar-refractivity contribution is 5.84. The van der Waals surface area contributed by atoms with Crippen molar-refractivity contribution < 1.29 is 14.7 Å². The van der Waals surface area contributed by atoms with E-state index in [4.69, 9.17) is 5.11 Å². The number of allylic oxidation sites excluding steroid dienone is 1. The standard InChI is InChI=1S/C13H23NO3/c1-6-7-10(4)12(15)14(5)11(13(16)17)8-9(2)3/h6,9-11H,1,7-8H2,2-5H3,(H,16,17)/t10-,11-/m0/s1. The van der Waals surface area contributed by atoms with Crippen molar-refractivity contribution in [3.05, 3.63) is 12.7 Å². The van der Waals surface area contributed by atoms with Crippen molar-refractivity contribution in [2.75, 3.05) is 7.05 Å². The Hall–Kier alpha value is -1.32. The number of carboxylic acids is 1. The van der Waals surface area contributed by atoms with Crippen molar-refractivity contribution in [1.82, 2.24) is 4.90 Å². The maximum Gasteiger partial charge on any atom is 0.326 e. The third-order valence-corrected chi connectivity index (χ3v) is 2.74. The molecule has 0 aliphatic heterocycles. The summed E-state index contributed by atoms with van der Waals surface area (Å²) in [5.41, 5.74) is 0. The fourth-order valence-electron chi connectivity index (χ4n) is 1.72. The quantitative estimate of drug-likeness (QED) is 0.695. The molecule has 4 heteroatoms. The molecule has 0 heterocycles. The SMILES string of the molecule is C=CC[C@H](C)C(=O)N(C)[C@@H](CC(C)C)C(=O)O. The first kappa shape index (κ1) is 15.7. The lowest BCUT2D eigenvalue weighted by atomic mass is 10.00. The van der Waals surface area contributed by atoms with E-state index >= 15 is 0 Å². The molecular weight excluding hydrogens is 218 g/mol. The molecule has 0 aliphatic carbocycles. The normalized spacial score (nSPS) is 14.2. The van der Waals surface area contributed by atoms with Gasteiger partial charge in [-0.25, -0.2) is 4.79 Å². The lowest BCUT2D eigenvalue weighted by molar-refractivity contribution is -0.151. The predicted octanol–water partition coefficient (Wildman–Crippen LogP) is 2.16. The third-order valence-electron chi connectivity index (χ3n) is 2.74. The number of likely N-dealkylation sites (N-methyl/N-ethyl adjacent to an activating group) is 1. The molecule has 0 radical (unpaired) electrons. The number of aliphatic carboxylic acids is 1. The number of nitrogens with zero attached hydrogens (tertiary/aromatic N) is 1. The van der Waals surface area contributed by atoms with Crippen LogP contribution in [-0.2, 0) is 9.59 Å². The Morgan fingerprint density at radius 1 is 1.35 bits per heavy atom. The average molecular weight is 241 g/mol. The number of rotatable bonds is 7. The van der Waals surface area contributed by atoms with E-state index in [-0.39, 0.29) is 17.7 Å². The highest BCUT2D eigenvalue weighted by atomic mass is 16.4. The maximum absolute atomic E-state index is 12.0. The second kappa shape index (κ2) is 7.09. The summed E-state index contributed by atoms with van der Waals surface area (Å²) in [7, 11) is 1.56.